The maximum Gasteiger partial charge on any atom is 0.307 e. The number of carboxylic acid groups (broad SMARTS) is 1. The summed E-state index contributed by atoms with van der Waals surface area (Å²) in [5.41, 5.74) is 0.938. The standard InChI is InChI=1S/C16H19NO3S/c1-2-20-10-7-8-13-14(9-10)21-15(17-13)11-5-3-4-6-12(11)16(18)19/h7-9,11-12H,2-6H2,1H3,(H,18,19). The number of benzene rings is 1. The molecule has 1 aromatic heterocycles. The zero-order chi connectivity index (χ0) is 14.8. The number of ether oxygens (including phenoxy) is 1. The lowest BCUT2D eigenvalue weighted by molar-refractivity contribution is -0.143. The van der Waals surface area contributed by atoms with Crippen LogP contribution in [0.2, 0.25) is 0 Å². The number of carbonyl (C=O) groups is 1. The predicted octanol–water partition coefficient (Wildman–Crippen LogP) is 4.05. The maximum absolute atomic E-state index is 11.4. The first kappa shape index (κ1) is 14.3. The Kier molecular flexibility index (Phi) is 4.10. The van der Waals surface area contributed by atoms with Crippen LogP contribution in [0.25, 0.3) is 10.2 Å². The molecule has 5 heteroatoms. The van der Waals surface area contributed by atoms with Gasteiger partial charge in [-0.3, -0.25) is 4.79 Å². The molecule has 1 fully saturated rings. The van der Waals surface area contributed by atoms with Crippen molar-refractivity contribution in [3.63, 3.8) is 0 Å². The normalized spacial score (nSPS) is 22.3. The third-order valence-corrected chi connectivity index (χ3v) is 5.24. The molecule has 4 nitrogen and oxygen atoms in total. The highest BCUT2D eigenvalue weighted by Crippen LogP contribution is 2.41. The van der Waals surface area contributed by atoms with Crippen LogP contribution in [0, 0.1) is 5.92 Å². The Morgan fingerprint density at radius 3 is 3.00 bits per heavy atom. The Balaban J connectivity index is 1.93. The van der Waals surface area contributed by atoms with Crippen molar-refractivity contribution >= 4 is 27.5 Å². The number of fused-ring (bicyclic) bond motifs is 1. The van der Waals surface area contributed by atoms with Crippen molar-refractivity contribution in [2.75, 3.05) is 6.61 Å². The number of hydrogen-bond acceptors (Lipinski definition) is 4. The first-order chi connectivity index (χ1) is 10.2. The number of rotatable bonds is 4. The van der Waals surface area contributed by atoms with Crippen molar-refractivity contribution in [3.8, 4) is 5.75 Å². The van der Waals surface area contributed by atoms with Crippen LogP contribution in [0.1, 0.15) is 43.5 Å². The first-order valence-electron chi connectivity index (χ1n) is 7.45. The van der Waals surface area contributed by atoms with Gasteiger partial charge in [-0.15, -0.1) is 11.3 Å². The molecule has 1 aromatic carbocycles. The Hall–Kier alpha value is -1.62. The summed E-state index contributed by atoms with van der Waals surface area (Å²) in [6, 6.07) is 5.88. The van der Waals surface area contributed by atoms with Gasteiger partial charge in [0.2, 0.25) is 0 Å². The van der Waals surface area contributed by atoms with Gasteiger partial charge in [-0.2, -0.15) is 0 Å². The topological polar surface area (TPSA) is 59.4 Å². The van der Waals surface area contributed by atoms with Crippen LogP contribution in [0.3, 0.4) is 0 Å². The van der Waals surface area contributed by atoms with Crippen molar-refractivity contribution in [2.45, 2.75) is 38.5 Å². The largest absolute Gasteiger partial charge is 0.494 e. The molecule has 0 saturated heterocycles. The second-order valence-corrected chi connectivity index (χ2v) is 6.51. The molecule has 0 aliphatic heterocycles. The van der Waals surface area contributed by atoms with Gasteiger partial charge in [-0.25, -0.2) is 4.98 Å². The summed E-state index contributed by atoms with van der Waals surface area (Å²) in [7, 11) is 0. The SMILES string of the molecule is CCOc1ccc2nc(C3CCCCC3C(=O)O)sc2c1. The van der Waals surface area contributed by atoms with E-state index in [1.807, 2.05) is 25.1 Å². The molecule has 0 bridgehead atoms. The molecule has 1 aliphatic carbocycles. The molecule has 1 saturated carbocycles. The Bertz CT molecular complexity index is 652. The summed E-state index contributed by atoms with van der Waals surface area (Å²) in [5.74, 6) is -0.0672. The van der Waals surface area contributed by atoms with Gasteiger partial charge < -0.3 is 9.84 Å². The van der Waals surface area contributed by atoms with Gasteiger partial charge in [0.15, 0.2) is 0 Å². The Labute approximate surface area is 127 Å². The van der Waals surface area contributed by atoms with Crippen LogP contribution in [0.4, 0.5) is 0 Å². The molecule has 112 valence electrons. The van der Waals surface area contributed by atoms with Gasteiger partial charge in [0.05, 0.1) is 27.7 Å². The summed E-state index contributed by atoms with van der Waals surface area (Å²) >= 11 is 1.61. The fraction of sp³-hybridized carbons (Fsp3) is 0.500. The minimum absolute atomic E-state index is 0.0594. The van der Waals surface area contributed by atoms with Gasteiger partial charge in [-0.1, -0.05) is 12.8 Å². The summed E-state index contributed by atoms with van der Waals surface area (Å²) in [4.78, 5) is 16.1. The molecule has 2 aromatic rings. The number of thiazole rings is 1. The van der Waals surface area contributed by atoms with E-state index in [-0.39, 0.29) is 11.8 Å². The molecule has 3 rings (SSSR count). The molecule has 1 N–H and O–H groups in total. The fourth-order valence-electron chi connectivity index (χ4n) is 3.06. The zero-order valence-electron chi connectivity index (χ0n) is 12.0. The molecule has 1 aliphatic rings. The van der Waals surface area contributed by atoms with E-state index in [9.17, 15) is 9.90 Å². The maximum atomic E-state index is 11.4. The Morgan fingerprint density at radius 2 is 2.24 bits per heavy atom. The lowest BCUT2D eigenvalue weighted by Gasteiger charge is -2.26. The van der Waals surface area contributed by atoms with Crippen molar-refractivity contribution in [1.29, 1.82) is 0 Å². The highest BCUT2D eigenvalue weighted by Gasteiger charge is 2.33. The van der Waals surface area contributed by atoms with Crippen LogP contribution in [-0.2, 0) is 4.79 Å². The zero-order valence-corrected chi connectivity index (χ0v) is 12.9. The van der Waals surface area contributed by atoms with E-state index in [0.29, 0.717) is 6.61 Å². The fourth-order valence-corrected chi connectivity index (χ4v) is 4.26. The number of hydrogen-bond donors (Lipinski definition) is 1. The van der Waals surface area contributed by atoms with E-state index in [1.165, 1.54) is 0 Å². The van der Waals surface area contributed by atoms with E-state index < -0.39 is 5.97 Å². The second-order valence-electron chi connectivity index (χ2n) is 5.45. The van der Waals surface area contributed by atoms with Crippen molar-refractivity contribution in [2.24, 2.45) is 5.92 Å². The summed E-state index contributed by atoms with van der Waals surface area (Å²) in [6.45, 7) is 2.60. The molecular formula is C16H19NO3S. The highest BCUT2D eigenvalue weighted by molar-refractivity contribution is 7.18. The number of nitrogens with zero attached hydrogens (tertiary/aromatic N) is 1. The number of aromatic nitrogens is 1. The first-order valence-corrected chi connectivity index (χ1v) is 8.26. The third kappa shape index (κ3) is 2.88. The van der Waals surface area contributed by atoms with Crippen LogP contribution >= 0.6 is 11.3 Å². The number of aliphatic carboxylic acids is 1. The third-order valence-electron chi connectivity index (χ3n) is 4.09. The summed E-state index contributed by atoms with van der Waals surface area (Å²) in [5, 5.41) is 10.4. The molecule has 0 radical (unpaired) electrons. The predicted molar refractivity (Wildman–Crippen MR) is 83.1 cm³/mol. The van der Waals surface area contributed by atoms with Gasteiger partial charge >= 0.3 is 5.97 Å². The van der Waals surface area contributed by atoms with Gasteiger partial charge in [0, 0.05) is 5.92 Å². The van der Waals surface area contributed by atoms with Gasteiger partial charge in [0.25, 0.3) is 0 Å². The molecular weight excluding hydrogens is 286 g/mol. The van der Waals surface area contributed by atoms with Gasteiger partial charge in [-0.05, 0) is 38.0 Å². The van der Waals surface area contributed by atoms with E-state index in [4.69, 9.17) is 4.74 Å². The smallest absolute Gasteiger partial charge is 0.307 e. The molecule has 0 spiro atoms. The second kappa shape index (κ2) is 6.02. The lowest BCUT2D eigenvalue weighted by atomic mass is 9.79. The van der Waals surface area contributed by atoms with Crippen LogP contribution in [0.15, 0.2) is 18.2 Å². The minimum atomic E-state index is -0.686. The van der Waals surface area contributed by atoms with Crippen molar-refractivity contribution in [1.82, 2.24) is 4.98 Å². The van der Waals surface area contributed by atoms with Gasteiger partial charge in [0.1, 0.15) is 5.75 Å². The van der Waals surface area contributed by atoms with Crippen LogP contribution < -0.4 is 4.74 Å². The molecule has 1 heterocycles. The monoisotopic (exact) mass is 305 g/mol. The van der Waals surface area contributed by atoms with Crippen LogP contribution in [-0.4, -0.2) is 22.7 Å². The van der Waals surface area contributed by atoms with E-state index in [1.54, 1.807) is 11.3 Å². The Morgan fingerprint density at radius 1 is 1.43 bits per heavy atom. The molecule has 0 amide bonds. The van der Waals surface area contributed by atoms with Crippen molar-refractivity contribution < 1.29 is 14.6 Å². The minimum Gasteiger partial charge on any atom is -0.494 e. The number of carboxylic acids is 1. The average molecular weight is 305 g/mol. The molecule has 2 atom stereocenters. The van der Waals surface area contributed by atoms with E-state index in [0.717, 1.165) is 46.7 Å². The quantitative estimate of drug-likeness (QED) is 0.925. The molecule has 2 unspecified atom stereocenters. The van der Waals surface area contributed by atoms with Crippen LogP contribution in [0.5, 0.6) is 5.75 Å². The van der Waals surface area contributed by atoms with Crippen molar-refractivity contribution in [3.05, 3.63) is 23.2 Å². The summed E-state index contributed by atoms with van der Waals surface area (Å²) < 4.78 is 6.59. The average Bonchev–Trinajstić information content (AvgIpc) is 2.90. The summed E-state index contributed by atoms with van der Waals surface area (Å²) in [6.07, 6.45) is 3.79. The van der Waals surface area contributed by atoms with E-state index in [2.05, 4.69) is 4.98 Å². The van der Waals surface area contributed by atoms with E-state index >= 15 is 0 Å². The lowest BCUT2D eigenvalue weighted by Crippen LogP contribution is -2.25. The molecule has 21 heavy (non-hydrogen) atoms. The highest BCUT2D eigenvalue weighted by atomic mass is 32.1.